The van der Waals surface area contributed by atoms with Crippen LogP contribution >= 0.6 is 15.9 Å². The van der Waals surface area contributed by atoms with Gasteiger partial charge in [-0.15, -0.1) is 0 Å². The summed E-state index contributed by atoms with van der Waals surface area (Å²) in [5.41, 5.74) is -2.30. The van der Waals surface area contributed by atoms with E-state index in [0.29, 0.717) is 0 Å². The molecule has 0 aromatic heterocycles. The van der Waals surface area contributed by atoms with Crippen LogP contribution in [0.1, 0.15) is 0 Å². The topological polar surface area (TPSA) is 121 Å². The van der Waals surface area contributed by atoms with Gasteiger partial charge >= 0.3 is 0 Å². The minimum atomic E-state index is -1.01. The summed E-state index contributed by atoms with van der Waals surface area (Å²) in [6.45, 7) is 0. The van der Waals surface area contributed by atoms with Crippen molar-refractivity contribution in [3.8, 4) is 45.6 Å². The molecule has 0 unspecified atom stereocenters. The van der Waals surface area contributed by atoms with E-state index < -0.39 is 56.5 Å². The zero-order chi connectivity index (χ0) is 16.9. The number of benzene rings is 2. The molecule has 6 N–H and O–H groups in total. The number of rotatable bonds is 1. The Morgan fingerprint density at radius 3 is 1.50 bits per heavy atom. The number of phenols is 6. The zero-order valence-corrected chi connectivity index (χ0v) is 12.4. The van der Waals surface area contributed by atoms with Crippen molar-refractivity contribution in [2.75, 3.05) is 0 Å². The van der Waals surface area contributed by atoms with Crippen LogP contribution in [0.2, 0.25) is 0 Å². The van der Waals surface area contributed by atoms with Gasteiger partial charge in [0.05, 0.1) is 10.0 Å². The molecular weight excluding hydrogens is 352 g/mol. The largest absolute Gasteiger partial charge is 0.506 e. The molecule has 2 rings (SSSR count). The SMILES string of the molecule is [B]c1c([B])c(-c2c(O)c(O)c([B])c(Br)c2O)c(O)c(O)c1O. The van der Waals surface area contributed by atoms with Crippen molar-refractivity contribution in [3.63, 3.8) is 0 Å². The molecule has 10 heteroatoms. The van der Waals surface area contributed by atoms with E-state index >= 15 is 0 Å². The first-order valence-electron chi connectivity index (χ1n) is 5.65. The van der Waals surface area contributed by atoms with Gasteiger partial charge in [0.25, 0.3) is 0 Å². The van der Waals surface area contributed by atoms with E-state index in [0.717, 1.165) is 0 Å². The maximum Gasteiger partial charge on any atom is 0.200 e. The minimum absolute atomic E-state index is 0.178. The van der Waals surface area contributed by atoms with Gasteiger partial charge in [0.15, 0.2) is 28.7 Å². The van der Waals surface area contributed by atoms with Crippen LogP contribution < -0.4 is 16.4 Å². The average molecular weight is 359 g/mol. The Morgan fingerprint density at radius 1 is 0.500 bits per heavy atom. The third-order valence-electron chi connectivity index (χ3n) is 3.15. The van der Waals surface area contributed by atoms with Crippen molar-refractivity contribution in [1.29, 1.82) is 0 Å². The first kappa shape index (κ1) is 16.3. The lowest BCUT2D eigenvalue weighted by Gasteiger charge is -2.19. The van der Waals surface area contributed by atoms with E-state index in [4.69, 9.17) is 23.5 Å². The van der Waals surface area contributed by atoms with Gasteiger partial charge in [-0.05, 0) is 21.4 Å². The highest BCUT2D eigenvalue weighted by Gasteiger charge is 2.27. The lowest BCUT2D eigenvalue weighted by molar-refractivity contribution is 0.370. The Kier molecular flexibility index (Phi) is 3.91. The summed E-state index contributed by atoms with van der Waals surface area (Å²) in [5.74, 6) is -5.18. The fourth-order valence-corrected chi connectivity index (χ4v) is 2.32. The van der Waals surface area contributed by atoms with Gasteiger partial charge in [-0.1, -0.05) is 10.9 Å². The Labute approximate surface area is 137 Å². The highest BCUT2D eigenvalue weighted by molar-refractivity contribution is 9.10. The number of halogens is 1. The first-order chi connectivity index (χ1) is 10.1. The van der Waals surface area contributed by atoms with Gasteiger partial charge in [0.2, 0.25) is 0 Å². The second kappa shape index (κ2) is 5.28. The molecule has 0 aliphatic carbocycles. The maximum atomic E-state index is 10.1. The van der Waals surface area contributed by atoms with Gasteiger partial charge in [0.1, 0.15) is 29.3 Å². The Morgan fingerprint density at radius 2 is 0.955 bits per heavy atom. The van der Waals surface area contributed by atoms with Gasteiger partial charge in [-0.3, -0.25) is 0 Å². The first-order valence-corrected chi connectivity index (χ1v) is 6.44. The molecule has 0 saturated heterocycles. The molecule has 0 aliphatic heterocycles. The van der Waals surface area contributed by atoms with Crippen LogP contribution in [0.3, 0.4) is 0 Å². The molecule has 0 heterocycles. The van der Waals surface area contributed by atoms with E-state index in [1.165, 1.54) is 0 Å². The Bertz CT molecular complexity index is 683. The minimum Gasteiger partial charge on any atom is -0.506 e. The Hall–Kier alpha value is -2.09. The number of hydrogen-bond acceptors (Lipinski definition) is 6. The molecule has 0 fully saturated rings. The lowest BCUT2D eigenvalue weighted by Crippen LogP contribution is -2.28. The summed E-state index contributed by atoms with van der Waals surface area (Å²) in [6, 6.07) is 0. The van der Waals surface area contributed by atoms with Gasteiger partial charge in [-0.25, -0.2) is 0 Å². The molecule has 0 saturated carbocycles. The third-order valence-corrected chi connectivity index (χ3v) is 3.95. The van der Waals surface area contributed by atoms with Crippen molar-refractivity contribution >= 4 is 55.9 Å². The fraction of sp³-hybridized carbons (Fsp3) is 0. The third kappa shape index (κ3) is 2.06. The summed E-state index contributed by atoms with van der Waals surface area (Å²) in [5, 5.41) is 58.9. The van der Waals surface area contributed by atoms with Crippen LogP contribution in [-0.2, 0) is 0 Å². The van der Waals surface area contributed by atoms with Crippen LogP contribution in [0.5, 0.6) is 34.5 Å². The van der Waals surface area contributed by atoms with Gasteiger partial charge in [0, 0.05) is 5.56 Å². The van der Waals surface area contributed by atoms with Gasteiger partial charge in [-0.2, -0.15) is 0 Å². The Balaban J connectivity index is 3.03. The molecule has 6 nitrogen and oxygen atoms in total. The quantitative estimate of drug-likeness (QED) is 0.215. The molecule has 0 amide bonds. The standard InChI is InChI=1S/C12H6B3BrO6/c13-3-1(8(18)12(22)10(20)4(3)14)2-7(17)6(16)5(15)11(21)9(2)19/h17-22H. The maximum absolute atomic E-state index is 10.1. The summed E-state index contributed by atoms with van der Waals surface area (Å²) < 4.78 is -0.178. The molecule has 6 radical (unpaired) electrons. The molecule has 0 bridgehead atoms. The summed E-state index contributed by atoms with van der Waals surface area (Å²) in [7, 11) is 16.6. The molecule has 106 valence electrons. The number of phenolic OH excluding ortho intramolecular Hbond substituents is 6. The van der Waals surface area contributed by atoms with Crippen molar-refractivity contribution in [2.24, 2.45) is 0 Å². The highest BCUT2D eigenvalue weighted by Crippen LogP contribution is 2.50. The average Bonchev–Trinajstić information content (AvgIpc) is 2.50. The van der Waals surface area contributed by atoms with Crippen LogP contribution in [-0.4, -0.2) is 54.2 Å². The van der Waals surface area contributed by atoms with Crippen LogP contribution in [0.25, 0.3) is 11.1 Å². The molecule has 2 aromatic carbocycles. The van der Waals surface area contributed by atoms with Crippen molar-refractivity contribution in [2.45, 2.75) is 0 Å². The number of hydrogen-bond donors (Lipinski definition) is 6. The van der Waals surface area contributed by atoms with Crippen molar-refractivity contribution < 1.29 is 30.6 Å². The van der Waals surface area contributed by atoms with E-state index in [1.807, 2.05) is 0 Å². The molecule has 22 heavy (non-hydrogen) atoms. The van der Waals surface area contributed by atoms with E-state index in [-0.39, 0.29) is 9.94 Å². The van der Waals surface area contributed by atoms with Crippen LogP contribution in [0.4, 0.5) is 0 Å². The highest BCUT2D eigenvalue weighted by atomic mass is 79.9. The van der Waals surface area contributed by atoms with Crippen molar-refractivity contribution in [1.82, 2.24) is 0 Å². The van der Waals surface area contributed by atoms with E-state index in [9.17, 15) is 30.6 Å². The smallest absolute Gasteiger partial charge is 0.200 e. The second-order valence-corrected chi connectivity index (χ2v) is 5.19. The summed E-state index contributed by atoms with van der Waals surface area (Å²) in [4.78, 5) is 0. The molecule has 0 atom stereocenters. The predicted molar refractivity (Wildman–Crippen MR) is 85.7 cm³/mol. The van der Waals surface area contributed by atoms with E-state index in [1.54, 1.807) is 0 Å². The predicted octanol–water partition coefficient (Wildman–Crippen LogP) is -1.27. The fourth-order valence-electron chi connectivity index (χ4n) is 1.94. The normalized spacial score (nSPS) is 10.8. The number of aromatic hydroxyl groups is 6. The second-order valence-electron chi connectivity index (χ2n) is 4.40. The summed E-state index contributed by atoms with van der Waals surface area (Å²) >= 11 is 2.90. The lowest BCUT2D eigenvalue weighted by atomic mass is 9.74. The van der Waals surface area contributed by atoms with Crippen LogP contribution in [0.15, 0.2) is 4.47 Å². The molecule has 0 aliphatic rings. The monoisotopic (exact) mass is 358 g/mol. The molecular formula is C12H6B3BrO6. The van der Waals surface area contributed by atoms with Crippen molar-refractivity contribution in [3.05, 3.63) is 4.47 Å². The molecule has 2 aromatic rings. The molecule has 0 spiro atoms. The van der Waals surface area contributed by atoms with E-state index in [2.05, 4.69) is 15.9 Å². The summed E-state index contributed by atoms with van der Waals surface area (Å²) in [6.07, 6.45) is 0. The van der Waals surface area contributed by atoms with Crippen LogP contribution in [0, 0.1) is 0 Å². The van der Waals surface area contributed by atoms with Gasteiger partial charge < -0.3 is 30.6 Å². The zero-order valence-electron chi connectivity index (χ0n) is 10.8.